The number of carbonyl (C=O) groups excluding carboxylic acids is 1. The number of amides is 1. The summed E-state index contributed by atoms with van der Waals surface area (Å²) in [7, 11) is 1.56. The third kappa shape index (κ3) is 3.64. The third-order valence-corrected chi connectivity index (χ3v) is 1.78. The second kappa shape index (κ2) is 5.42. The van der Waals surface area contributed by atoms with Gasteiger partial charge in [-0.1, -0.05) is 5.16 Å². The smallest absolute Gasteiger partial charge is 0.240 e. The van der Waals surface area contributed by atoms with Gasteiger partial charge in [-0.3, -0.25) is 10.1 Å². The molecule has 0 bridgehead atoms. The molecule has 15 heavy (non-hydrogen) atoms. The van der Waals surface area contributed by atoms with Crippen molar-refractivity contribution in [1.82, 2.24) is 15.5 Å². The van der Waals surface area contributed by atoms with Crippen LogP contribution in [0.2, 0.25) is 0 Å². The van der Waals surface area contributed by atoms with Gasteiger partial charge >= 0.3 is 0 Å². The van der Waals surface area contributed by atoms with E-state index in [4.69, 9.17) is 15.0 Å². The van der Waals surface area contributed by atoms with E-state index in [9.17, 15) is 4.79 Å². The van der Waals surface area contributed by atoms with Crippen LogP contribution in [0.5, 0.6) is 0 Å². The van der Waals surface area contributed by atoms with Crippen molar-refractivity contribution in [2.75, 3.05) is 13.7 Å². The number of carbonyl (C=O) groups is 1. The Bertz CT molecular complexity index is 325. The monoisotopic (exact) mass is 214 g/mol. The molecule has 0 saturated carbocycles. The van der Waals surface area contributed by atoms with Crippen LogP contribution in [0.25, 0.3) is 0 Å². The zero-order chi connectivity index (χ0) is 11.3. The Morgan fingerprint density at radius 1 is 1.73 bits per heavy atom. The van der Waals surface area contributed by atoms with E-state index in [-0.39, 0.29) is 12.6 Å². The summed E-state index contributed by atoms with van der Waals surface area (Å²) in [4.78, 5) is 14.5. The molecule has 1 atom stereocenters. The Hall–Kier alpha value is -1.47. The molecule has 0 aromatic carbocycles. The minimum atomic E-state index is -0.431. The molecule has 0 radical (unpaired) electrons. The summed E-state index contributed by atoms with van der Waals surface area (Å²) in [6, 6.07) is 0. The lowest BCUT2D eigenvalue weighted by Crippen LogP contribution is -2.28. The van der Waals surface area contributed by atoms with Gasteiger partial charge in [0.05, 0.1) is 13.1 Å². The molecular formula is C8H14N4O3. The van der Waals surface area contributed by atoms with Gasteiger partial charge in [0, 0.05) is 7.11 Å². The number of nitrogens with one attached hydrogen (secondary N) is 1. The van der Waals surface area contributed by atoms with Crippen molar-refractivity contribution in [3.63, 3.8) is 0 Å². The van der Waals surface area contributed by atoms with Gasteiger partial charge in [-0.05, 0) is 6.92 Å². The van der Waals surface area contributed by atoms with Gasteiger partial charge in [-0.2, -0.15) is 4.98 Å². The van der Waals surface area contributed by atoms with Crippen LogP contribution in [0.1, 0.15) is 24.7 Å². The van der Waals surface area contributed by atoms with E-state index in [1.165, 1.54) is 0 Å². The highest BCUT2D eigenvalue weighted by molar-refractivity contribution is 5.75. The molecular weight excluding hydrogens is 200 g/mol. The van der Waals surface area contributed by atoms with Gasteiger partial charge in [0.1, 0.15) is 6.10 Å². The third-order valence-electron chi connectivity index (χ3n) is 1.78. The van der Waals surface area contributed by atoms with E-state index in [0.717, 1.165) is 0 Å². The molecule has 0 aliphatic rings. The summed E-state index contributed by atoms with van der Waals surface area (Å²) in [5.74, 6) is 0.448. The van der Waals surface area contributed by atoms with Crippen LogP contribution in [-0.2, 0) is 16.1 Å². The number of hydrogen-bond acceptors (Lipinski definition) is 6. The topological polar surface area (TPSA) is 103 Å². The fourth-order valence-electron chi connectivity index (χ4n) is 0.903. The molecule has 0 aliphatic heterocycles. The largest absolute Gasteiger partial charge is 0.374 e. The molecule has 1 amide bonds. The second-order valence-electron chi connectivity index (χ2n) is 2.99. The summed E-state index contributed by atoms with van der Waals surface area (Å²) in [5, 5.41) is 6.48. The number of hydrogen-bond donors (Lipinski definition) is 2. The number of rotatable bonds is 6. The van der Waals surface area contributed by atoms with Crippen LogP contribution in [0.4, 0.5) is 0 Å². The van der Waals surface area contributed by atoms with E-state index in [0.29, 0.717) is 18.3 Å². The number of nitrogens with zero attached hydrogens (tertiary/aromatic N) is 2. The van der Waals surface area contributed by atoms with Crippen molar-refractivity contribution in [3.8, 4) is 0 Å². The summed E-state index contributed by atoms with van der Waals surface area (Å²) >= 11 is 0. The maximum atomic E-state index is 10.4. The highest BCUT2D eigenvalue weighted by atomic mass is 16.5. The predicted molar refractivity (Wildman–Crippen MR) is 50.6 cm³/mol. The molecule has 0 spiro atoms. The second-order valence-corrected chi connectivity index (χ2v) is 2.99. The minimum absolute atomic E-state index is 0.0809. The Kier molecular flexibility index (Phi) is 4.19. The molecule has 7 nitrogen and oxygen atoms in total. The van der Waals surface area contributed by atoms with Gasteiger partial charge in [-0.15, -0.1) is 0 Å². The molecule has 0 saturated heterocycles. The van der Waals surface area contributed by atoms with Crippen LogP contribution >= 0.6 is 0 Å². The lowest BCUT2D eigenvalue weighted by Gasteiger charge is -2.00. The highest BCUT2D eigenvalue weighted by Crippen LogP contribution is 2.10. The fraction of sp³-hybridized carbons (Fsp3) is 0.625. The minimum Gasteiger partial charge on any atom is -0.374 e. The molecule has 0 fully saturated rings. The van der Waals surface area contributed by atoms with Gasteiger partial charge < -0.3 is 15.0 Å². The van der Waals surface area contributed by atoms with Crippen molar-refractivity contribution < 1.29 is 14.1 Å². The summed E-state index contributed by atoms with van der Waals surface area (Å²) in [5.41, 5.74) is 4.94. The maximum Gasteiger partial charge on any atom is 0.240 e. The molecule has 1 rings (SSSR count). The molecule has 3 N–H and O–H groups in total. The standard InChI is InChI=1S/C8H14N4O3/c1-5(14-2)8-11-7(15-12-8)4-10-3-6(9)13/h5,10H,3-4H2,1-2H3,(H2,9,13). The van der Waals surface area contributed by atoms with Crippen LogP contribution in [0.15, 0.2) is 4.52 Å². The van der Waals surface area contributed by atoms with Crippen LogP contribution in [0, 0.1) is 0 Å². The van der Waals surface area contributed by atoms with E-state index >= 15 is 0 Å². The van der Waals surface area contributed by atoms with Crippen LogP contribution < -0.4 is 11.1 Å². The molecule has 84 valence electrons. The highest BCUT2D eigenvalue weighted by Gasteiger charge is 2.12. The summed E-state index contributed by atoms with van der Waals surface area (Å²) in [6.45, 7) is 2.20. The molecule has 7 heteroatoms. The van der Waals surface area contributed by atoms with Gasteiger partial charge in [0.25, 0.3) is 0 Å². The number of ether oxygens (including phenoxy) is 1. The van der Waals surface area contributed by atoms with Gasteiger partial charge in [0.2, 0.25) is 11.8 Å². The number of nitrogens with two attached hydrogens (primary N) is 1. The maximum absolute atomic E-state index is 10.4. The van der Waals surface area contributed by atoms with Crippen molar-refractivity contribution in [3.05, 3.63) is 11.7 Å². The fourth-order valence-corrected chi connectivity index (χ4v) is 0.903. The average Bonchev–Trinajstić information content (AvgIpc) is 2.65. The Labute approximate surface area is 87.0 Å². The summed E-state index contributed by atoms with van der Waals surface area (Å²) < 4.78 is 9.93. The van der Waals surface area contributed by atoms with E-state index in [1.54, 1.807) is 7.11 Å². The first kappa shape index (κ1) is 11.6. The van der Waals surface area contributed by atoms with Gasteiger partial charge in [0.15, 0.2) is 5.82 Å². The summed E-state index contributed by atoms with van der Waals surface area (Å²) in [6.07, 6.45) is -0.210. The lowest BCUT2D eigenvalue weighted by molar-refractivity contribution is -0.117. The average molecular weight is 214 g/mol. The zero-order valence-electron chi connectivity index (χ0n) is 8.69. The van der Waals surface area contributed by atoms with Crippen molar-refractivity contribution >= 4 is 5.91 Å². The normalized spacial score (nSPS) is 12.7. The van der Waals surface area contributed by atoms with Crippen molar-refractivity contribution in [1.29, 1.82) is 0 Å². The first-order valence-electron chi connectivity index (χ1n) is 4.47. The molecule has 1 aromatic rings. The number of primary amides is 1. The molecule has 1 heterocycles. The lowest BCUT2D eigenvalue weighted by atomic mass is 10.4. The molecule has 1 aromatic heterocycles. The van der Waals surface area contributed by atoms with E-state index in [2.05, 4.69) is 15.5 Å². The van der Waals surface area contributed by atoms with Crippen LogP contribution in [-0.4, -0.2) is 29.7 Å². The Morgan fingerprint density at radius 2 is 2.47 bits per heavy atom. The zero-order valence-corrected chi connectivity index (χ0v) is 8.69. The SMILES string of the molecule is COC(C)c1noc(CNCC(N)=O)n1. The van der Waals surface area contributed by atoms with Crippen LogP contribution in [0.3, 0.4) is 0 Å². The quantitative estimate of drug-likeness (QED) is 0.652. The van der Waals surface area contributed by atoms with E-state index < -0.39 is 5.91 Å². The molecule has 0 aliphatic carbocycles. The van der Waals surface area contributed by atoms with Crippen molar-refractivity contribution in [2.24, 2.45) is 5.73 Å². The molecule has 1 unspecified atom stereocenters. The van der Waals surface area contributed by atoms with Gasteiger partial charge in [-0.25, -0.2) is 0 Å². The number of aromatic nitrogens is 2. The Balaban J connectivity index is 2.42. The number of methoxy groups -OCH3 is 1. The predicted octanol–water partition coefficient (Wildman–Crippen LogP) is -0.648. The first-order chi connectivity index (χ1) is 7.13. The van der Waals surface area contributed by atoms with Crippen molar-refractivity contribution in [2.45, 2.75) is 19.6 Å². The van der Waals surface area contributed by atoms with E-state index in [1.807, 2.05) is 6.92 Å². The Morgan fingerprint density at radius 3 is 3.07 bits per heavy atom. The first-order valence-corrected chi connectivity index (χ1v) is 4.47.